The van der Waals surface area contributed by atoms with Crippen LogP contribution in [0.25, 0.3) is 10.2 Å². The van der Waals surface area contributed by atoms with Gasteiger partial charge in [-0.1, -0.05) is 17.4 Å². The predicted molar refractivity (Wildman–Crippen MR) is 97.9 cm³/mol. The van der Waals surface area contributed by atoms with Crippen LogP contribution in [0.15, 0.2) is 30.3 Å². The maximum atomic E-state index is 12.6. The smallest absolute Gasteiger partial charge is 0.255 e. The fraction of sp³-hybridized carbons (Fsp3) is 0.176. The summed E-state index contributed by atoms with van der Waals surface area (Å²) in [6.07, 6.45) is 0. The minimum atomic E-state index is -0.180. The summed E-state index contributed by atoms with van der Waals surface area (Å²) >= 11 is 1.46. The molecule has 0 atom stereocenters. The van der Waals surface area contributed by atoms with Gasteiger partial charge in [0.2, 0.25) is 0 Å². The molecular weight excluding hydrogens is 324 g/mol. The predicted octanol–water partition coefficient (Wildman–Crippen LogP) is 3.46. The van der Waals surface area contributed by atoms with Gasteiger partial charge in [-0.2, -0.15) is 0 Å². The molecule has 0 aliphatic rings. The molecule has 1 aromatic heterocycles. The first kappa shape index (κ1) is 16.2. The number of fused-ring (bicyclic) bond motifs is 1. The Morgan fingerprint density at radius 1 is 1.29 bits per heavy atom. The molecule has 0 saturated heterocycles. The molecule has 0 fully saturated rings. The van der Waals surface area contributed by atoms with Crippen molar-refractivity contribution in [2.45, 2.75) is 13.8 Å². The van der Waals surface area contributed by atoms with Crippen LogP contribution in [0.1, 0.15) is 21.5 Å². The average Bonchev–Trinajstić information content (AvgIpc) is 3.01. The van der Waals surface area contributed by atoms with Gasteiger partial charge in [-0.3, -0.25) is 10.2 Å². The standard InChI is InChI=1S/C17H18N4O2S/c1-9-7-13-15(24-17(19-13)21-18)10(2)14(9)20-16(22)11-5-4-6-12(8-11)23-3/h4-8H,18H2,1-3H3,(H,19,21)(H,20,22). The normalized spacial score (nSPS) is 10.7. The molecule has 0 aliphatic carbocycles. The summed E-state index contributed by atoms with van der Waals surface area (Å²) in [4.78, 5) is 17.0. The number of nitrogens with zero attached hydrogens (tertiary/aromatic N) is 1. The van der Waals surface area contributed by atoms with Crippen molar-refractivity contribution in [3.63, 3.8) is 0 Å². The highest BCUT2D eigenvalue weighted by molar-refractivity contribution is 7.22. The highest BCUT2D eigenvalue weighted by Gasteiger charge is 2.15. The van der Waals surface area contributed by atoms with E-state index in [1.807, 2.05) is 19.9 Å². The van der Waals surface area contributed by atoms with E-state index in [1.165, 1.54) is 11.3 Å². The van der Waals surface area contributed by atoms with Crippen LogP contribution in [0, 0.1) is 13.8 Å². The molecule has 124 valence electrons. The second kappa shape index (κ2) is 6.46. The molecule has 2 aromatic carbocycles. The number of ether oxygens (including phenoxy) is 1. The van der Waals surface area contributed by atoms with Crippen molar-refractivity contribution in [2.24, 2.45) is 5.84 Å². The lowest BCUT2D eigenvalue weighted by Crippen LogP contribution is -2.14. The second-order valence-electron chi connectivity index (χ2n) is 5.39. The number of aryl methyl sites for hydroxylation is 2. The Bertz CT molecular complexity index is 920. The lowest BCUT2D eigenvalue weighted by Gasteiger charge is -2.12. The Morgan fingerprint density at radius 2 is 2.08 bits per heavy atom. The van der Waals surface area contributed by atoms with Crippen LogP contribution < -0.4 is 21.3 Å². The van der Waals surface area contributed by atoms with E-state index in [4.69, 9.17) is 10.6 Å². The summed E-state index contributed by atoms with van der Waals surface area (Å²) < 4.78 is 6.16. The maximum Gasteiger partial charge on any atom is 0.255 e. The SMILES string of the molecule is COc1cccc(C(=O)Nc2c(C)cc3nc(NN)sc3c2C)c1. The number of carbonyl (C=O) groups excluding carboxylic acids is 1. The van der Waals surface area contributed by atoms with Gasteiger partial charge in [0.05, 0.1) is 17.3 Å². The van der Waals surface area contributed by atoms with Gasteiger partial charge in [-0.15, -0.1) is 0 Å². The van der Waals surface area contributed by atoms with E-state index in [0.717, 1.165) is 27.0 Å². The van der Waals surface area contributed by atoms with Crippen molar-refractivity contribution in [2.75, 3.05) is 17.9 Å². The number of carbonyl (C=O) groups is 1. The summed E-state index contributed by atoms with van der Waals surface area (Å²) in [5, 5.41) is 3.64. The van der Waals surface area contributed by atoms with Crippen molar-refractivity contribution in [3.05, 3.63) is 47.0 Å². The first-order chi connectivity index (χ1) is 11.5. The molecule has 6 nitrogen and oxygen atoms in total. The maximum absolute atomic E-state index is 12.6. The van der Waals surface area contributed by atoms with Crippen LogP contribution in [0.5, 0.6) is 5.75 Å². The van der Waals surface area contributed by atoms with E-state index in [-0.39, 0.29) is 5.91 Å². The van der Waals surface area contributed by atoms with E-state index in [0.29, 0.717) is 16.4 Å². The van der Waals surface area contributed by atoms with Gasteiger partial charge in [-0.25, -0.2) is 10.8 Å². The third-order valence-corrected chi connectivity index (χ3v) is 4.93. The zero-order chi connectivity index (χ0) is 17.3. The molecule has 0 radical (unpaired) electrons. The molecule has 3 aromatic rings. The van der Waals surface area contributed by atoms with Crippen LogP contribution in [0.2, 0.25) is 0 Å². The largest absolute Gasteiger partial charge is 0.497 e. The van der Waals surface area contributed by atoms with E-state index in [1.54, 1.807) is 31.4 Å². The molecule has 4 N–H and O–H groups in total. The lowest BCUT2D eigenvalue weighted by atomic mass is 10.1. The van der Waals surface area contributed by atoms with Crippen LogP contribution in [0.3, 0.4) is 0 Å². The zero-order valence-electron chi connectivity index (χ0n) is 13.6. The topological polar surface area (TPSA) is 89.3 Å². The fourth-order valence-electron chi connectivity index (χ4n) is 2.59. The van der Waals surface area contributed by atoms with Gasteiger partial charge < -0.3 is 10.1 Å². The Hall–Kier alpha value is -2.64. The number of nitrogens with one attached hydrogen (secondary N) is 2. The molecule has 0 saturated carbocycles. The summed E-state index contributed by atoms with van der Waals surface area (Å²) in [6.45, 7) is 3.91. The zero-order valence-corrected chi connectivity index (χ0v) is 14.5. The van der Waals surface area contributed by atoms with Crippen LogP contribution >= 0.6 is 11.3 Å². The number of amides is 1. The third-order valence-electron chi connectivity index (χ3n) is 3.81. The number of methoxy groups -OCH3 is 1. The Labute approximate surface area is 143 Å². The highest BCUT2D eigenvalue weighted by Crippen LogP contribution is 2.35. The molecule has 7 heteroatoms. The number of nitrogen functional groups attached to an aromatic ring is 1. The van der Waals surface area contributed by atoms with Crippen molar-refractivity contribution < 1.29 is 9.53 Å². The quantitative estimate of drug-likeness (QED) is 0.499. The number of aromatic nitrogens is 1. The fourth-order valence-corrected chi connectivity index (χ4v) is 3.45. The highest BCUT2D eigenvalue weighted by atomic mass is 32.1. The lowest BCUT2D eigenvalue weighted by molar-refractivity contribution is 0.102. The molecule has 0 unspecified atom stereocenters. The summed E-state index contributed by atoms with van der Waals surface area (Å²) in [5.41, 5.74) is 6.69. The van der Waals surface area contributed by atoms with Gasteiger partial charge in [0.25, 0.3) is 5.91 Å². The van der Waals surface area contributed by atoms with Gasteiger partial charge in [0.15, 0.2) is 5.13 Å². The number of benzene rings is 2. The van der Waals surface area contributed by atoms with E-state index in [9.17, 15) is 4.79 Å². The van der Waals surface area contributed by atoms with Crippen molar-refractivity contribution in [1.29, 1.82) is 0 Å². The number of rotatable bonds is 4. The monoisotopic (exact) mass is 342 g/mol. The minimum Gasteiger partial charge on any atom is -0.497 e. The minimum absolute atomic E-state index is 0.180. The first-order valence-corrected chi connectivity index (χ1v) is 8.18. The van der Waals surface area contributed by atoms with E-state index < -0.39 is 0 Å². The number of thiazole rings is 1. The van der Waals surface area contributed by atoms with Crippen LogP contribution in [-0.4, -0.2) is 18.0 Å². The number of hydrogen-bond donors (Lipinski definition) is 3. The molecule has 1 amide bonds. The van der Waals surface area contributed by atoms with Gasteiger partial charge in [0, 0.05) is 11.3 Å². The van der Waals surface area contributed by atoms with Gasteiger partial charge in [0.1, 0.15) is 5.75 Å². The van der Waals surface area contributed by atoms with Crippen molar-refractivity contribution >= 4 is 38.3 Å². The van der Waals surface area contributed by atoms with Gasteiger partial charge >= 0.3 is 0 Å². The number of nitrogens with two attached hydrogens (primary N) is 1. The van der Waals surface area contributed by atoms with Crippen molar-refractivity contribution in [3.8, 4) is 5.75 Å². The third kappa shape index (κ3) is 2.91. The van der Waals surface area contributed by atoms with Crippen LogP contribution in [-0.2, 0) is 0 Å². The molecule has 3 rings (SSSR count). The molecule has 0 bridgehead atoms. The summed E-state index contributed by atoms with van der Waals surface area (Å²) in [6, 6.07) is 9.00. The number of hydrogen-bond acceptors (Lipinski definition) is 6. The Balaban J connectivity index is 1.98. The first-order valence-electron chi connectivity index (χ1n) is 7.36. The molecule has 24 heavy (non-hydrogen) atoms. The summed E-state index contributed by atoms with van der Waals surface area (Å²) in [7, 11) is 1.58. The number of anilines is 2. The Kier molecular flexibility index (Phi) is 4.37. The van der Waals surface area contributed by atoms with Crippen molar-refractivity contribution in [1.82, 2.24) is 4.98 Å². The average molecular weight is 342 g/mol. The van der Waals surface area contributed by atoms with Gasteiger partial charge in [-0.05, 0) is 49.2 Å². The number of hydrazine groups is 1. The molecule has 0 spiro atoms. The Morgan fingerprint density at radius 3 is 2.79 bits per heavy atom. The molecule has 1 heterocycles. The second-order valence-corrected chi connectivity index (χ2v) is 6.39. The van der Waals surface area contributed by atoms with Crippen LogP contribution in [0.4, 0.5) is 10.8 Å². The summed E-state index contributed by atoms with van der Waals surface area (Å²) in [5.74, 6) is 5.91. The molecule has 0 aliphatic heterocycles. The van der Waals surface area contributed by atoms with E-state index >= 15 is 0 Å². The molecular formula is C17H18N4O2S. The van der Waals surface area contributed by atoms with E-state index in [2.05, 4.69) is 15.7 Å².